The van der Waals surface area contributed by atoms with Crippen molar-refractivity contribution in [2.75, 3.05) is 13.7 Å². The van der Waals surface area contributed by atoms with Crippen LogP contribution < -0.4 is 10.1 Å². The van der Waals surface area contributed by atoms with Gasteiger partial charge in [0.05, 0.1) is 0 Å². The lowest BCUT2D eigenvalue weighted by Gasteiger charge is -2.29. The minimum Gasteiger partial charge on any atom is -0.483 e. The standard InChI is InChI=1S/C22H26Cl2N2O3/c1-14(2)18-7-5-6-8-20(18)29-13-21(27)26(15(3)22(28)25-4)12-16-9-10-17(23)11-19(16)24/h5-11,14-15H,12-13H2,1-4H3,(H,25,28). The van der Waals surface area contributed by atoms with Gasteiger partial charge in [-0.1, -0.05) is 61.3 Å². The van der Waals surface area contributed by atoms with E-state index in [-0.39, 0.29) is 30.9 Å². The Balaban J connectivity index is 2.22. The molecule has 0 aromatic heterocycles. The van der Waals surface area contributed by atoms with Crippen LogP contribution in [0.3, 0.4) is 0 Å². The van der Waals surface area contributed by atoms with Gasteiger partial charge in [-0.15, -0.1) is 0 Å². The lowest BCUT2D eigenvalue weighted by molar-refractivity contribution is -0.142. The minimum absolute atomic E-state index is 0.165. The van der Waals surface area contributed by atoms with Gasteiger partial charge in [0.25, 0.3) is 5.91 Å². The molecule has 0 radical (unpaired) electrons. The second kappa shape index (κ2) is 10.5. The zero-order chi connectivity index (χ0) is 21.6. The predicted molar refractivity (Wildman–Crippen MR) is 117 cm³/mol. The summed E-state index contributed by atoms with van der Waals surface area (Å²) in [5.74, 6) is 0.333. The van der Waals surface area contributed by atoms with Gasteiger partial charge in [-0.2, -0.15) is 0 Å². The third kappa shape index (κ3) is 6.12. The van der Waals surface area contributed by atoms with Crippen molar-refractivity contribution in [3.05, 3.63) is 63.6 Å². The van der Waals surface area contributed by atoms with E-state index in [1.807, 2.05) is 24.3 Å². The number of carbonyl (C=O) groups is 2. The van der Waals surface area contributed by atoms with E-state index in [0.29, 0.717) is 21.4 Å². The van der Waals surface area contributed by atoms with Crippen molar-refractivity contribution < 1.29 is 14.3 Å². The number of para-hydroxylation sites is 1. The third-order valence-electron chi connectivity index (χ3n) is 4.66. The molecular weight excluding hydrogens is 411 g/mol. The van der Waals surface area contributed by atoms with Crippen molar-refractivity contribution in [1.29, 1.82) is 0 Å². The number of hydrogen-bond acceptors (Lipinski definition) is 3. The van der Waals surface area contributed by atoms with Gasteiger partial charge in [0.1, 0.15) is 11.8 Å². The number of rotatable bonds is 8. The zero-order valence-corrected chi connectivity index (χ0v) is 18.6. The van der Waals surface area contributed by atoms with Crippen LogP contribution in [0.2, 0.25) is 10.0 Å². The molecule has 0 aliphatic rings. The summed E-state index contributed by atoms with van der Waals surface area (Å²) in [4.78, 5) is 26.6. The molecule has 2 aromatic carbocycles. The molecule has 0 spiro atoms. The number of likely N-dealkylation sites (N-methyl/N-ethyl adjacent to an activating group) is 1. The fourth-order valence-corrected chi connectivity index (χ4v) is 3.40. The zero-order valence-electron chi connectivity index (χ0n) is 17.0. The van der Waals surface area contributed by atoms with Gasteiger partial charge < -0.3 is 15.0 Å². The van der Waals surface area contributed by atoms with Gasteiger partial charge in [0, 0.05) is 23.6 Å². The Morgan fingerprint density at radius 1 is 1.10 bits per heavy atom. The summed E-state index contributed by atoms with van der Waals surface area (Å²) in [7, 11) is 1.53. The van der Waals surface area contributed by atoms with Crippen LogP contribution in [0.15, 0.2) is 42.5 Å². The number of benzene rings is 2. The molecule has 0 aliphatic heterocycles. The molecule has 0 fully saturated rings. The molecule has 0 heterocycles. The number of carbonyl (C=O) groups excluding carboxylic acids is 2. The summed E-state index contributed by atoms with van der Waals surface area (Å²) in [6.45, 7) is 5.77. The van der Waals surface area contributed by atoms with Crippen LogP contribution in [-0.4, -0.2) is 36.4 Å². The summed E-state index contributed by atoms with van der Waals surface area (Å²) in [6, 6.07) is 12.0. The van der Waals surface area contributed by atoms with Crippen molar-refractivity contribution in [1.82, 2.24) is 10.2 Å². The van der Waals surface area contributed by atoms with Crippen molar-refractivity contribution >= 4 is 35.0 Å². The van der Waals surface area contributed by atoms with Gasteiger partial charge >= 0.3 is 0 Å². The number of ether oxygens (including phenoxy) is 1. The molecule has 0 aliphatic carbocycles. The molecule has 1 N–H and O–H groups in total. The van der Waals surface area contributed by atoms with Gasteiger partial charge in [0.2, 0.25) is 5.91 Å². The molecule has 29 heavy (non-hydrogen) atoms. The summed E-state index contributed by atoms with van der Waals surface area (Å²) in [5, 5.41) is 3.52. The highest BCUT2D eigenvalue weighted by atomic mass is 35.5. The van der Waals surface area contributed by atoms with Crippen LogP contribution in [-0.2, 0) is 16.1 Å². The second-order valence-electron chi connectivity index (χ2n) is 7.03. The Kier molecular flexibility index (Phi) is 8.35. The van der Waals surface area contributed by atoms with Gasteiger partial charge in [0.15, 0.2) is 6.61 Å². The van der Waals surface area contributed by atoms with E-state index in [9.17, 15) is 9.59 Å². The van der Waals surface area contributed by atoms with Crippen LogP contribution in [0, 0.1) is 0 Å². The summed E-state index contributed by atoms with van der Waals surface area (Å²) < 4.78 is 5.81. The normalized spacial score (nSPS) is 11.8. The maximum atomic E-state index is 13.0. The molecule has 156 valence electrons. The molecule has 1 atom stereocenters. The highest BCUT2D eigenvalue weighted by Gasteiger charge is 2.26. The Hall–Kier alpha value is -2.24. The summed E-state index contributed by atoms with van der Waals surface area (Å²) >= 11 is 12.2. The second-order valence-corrected chi connectivity index (χ2v) is 7.87. The van der Waals surface area contributed by atoms with Crippen molar-refractivity contribution in [2.45, 2.75) is 39.3 Å². The summed E-state index contributed by atoms with van der Waals surface area (Å²) in [5.41, 5.74) is 1.72. The molecule has 0 saturated heterocycles. The lowest BCUT2D eigenvalue weighted by Crippen LogP contribution is -2.48. The third-order valence-corrected chi connectivity index (χ3v) is 5.25. The molecular formula is C22H26Cl2N2O3. The van der Waals surface area contributed by atoms with Crippen LogP contribution in [0.1, 0.15) is 37.8 Å². The molecule has 7 heteroatoms. The van der Waals surface area contributed by atoms with Crippen molar-refractivity contribution in [3.8, 4) is 5.75 Å². The van der Waals surface area contributed by atoms with E-state index in [1.165, 1.54) is 11.9 Å². The SMILES string of the molecule is CNC(=O)C(C)N(Cc1ccc(Cl)cc1Cl)C(=O)COc1ccccc1C(C)C. The van der Waals surface area contributed by atoms with Crippen molar-refractivity contribution in [3.63, 3.8) is 0 Å². The number of hydrogen-bond donors (Lipinski definition) is 1. The van der Waals surface area contributed by atoms with Crippen molar-refractivity contribution in [2.24, 2.45) is 0 Å². The first-order chi connectivity index (χ1) is 13.7. The van der Waals surface area contributed by atoms with Gasteiger partial charge in [-0.05, 0) is 42.2 Å². The van der Waals surface area contributed by atoms with Gasteiger partial charge in [-0.3, -0.25) is 9.59 Å². The predicted octanol–water partition coefficient (Wildman–Crippen LogP) is 4.66. The van der Waals surface area contributed by atoms with Gasteiger partial charge in [-0.25, -0.2) is 0 Å². The molecule has 5 nitrogen and oxygen atoms in total. The topological polar surface area (TPSA) is 58.6 Å². The first-order valence-electron chi connectivity index (χ1n) is 9.41. The van der Waals surface area contributed by atoms with E-state index in [1.54, 1.807) is 25.1 Å². The first-order valence-corrected chi connectivity index (χ1v) is 10.2. The van der Waals surface area contributed by atoms with Crippen LogP contribution in [0.4, 0.5) is 0 Å². The van der Waals surface area contributed by atoms with E-state index in [4.69, 9.17) is 27.9 Å². The smallest absolute Gasteiger partial charge is 0.261 e. The minimum atomic E-state index is -0.691. The van der Waals surface area contributed by atoms with E-state index in [0.717, 1.165) is 5.56 Å². The number of nitrogens with zero attached hydrogens (tertiary/aromatic N) is 1. The molecule has 1 unspecified atom stereocenters. The maximum absolute atomic E-state index is 13.0. The number of nitrogens with one attached hydrogen (secondary N) is 1. The molecule has 0 saturated carbocycles. The monoisotopic (exact) mass is 436 g/mol. The number of amides is 2. The maximum Gasteiger partial charge on any atom is 0.261 e. The average Bonchev–Trinajstić information content (AvgIpc) is 2.70. The Labute approximate surface area is 181 Å². The Morgan fingerprint density at radius 2 is 1.79 bits per heavy atom. The number of halogens is 2. The van der Waals surface area contributed by atoms with Crippen LogP contribution in [0.25, 0.3) is 0 Å². The Bertz CT molecular complexity index is 871. The molecule has 2 aromatic rings. The van der Waals surface area contributed by atoms with E-state index >= 15 is 0 Å². The average molecular weight is 437 g/mol. The van der Waals surface area contributed by atoms with Crippen LogP contribution >= 0.6 is 23.2 Å². The molecule has 2 amide bonds. The molecule has 0 bridgehead atoms. The summed E-state index contributed by atoms with van der Waals surface area (Å²) in [6.07, 6.45) is 0. The largest absolute Gasteiger partial charge is 0.483 e. The first kappa shape index (κ1) is 23.0. The fraction of sp³-hybridized carbons (Fsp3) is 0.364. The quantitative estimate of drug-likeness (QED) is 0.654. The highest BCUT2D eigenvalue weighted by molar-refractivity contribution is 6.35. The lowest BCUT2D eigenvalue weighted by atomic mass is 10.0. The highest BCUT2D eigenvalue weighted by Crippen LogP contribution is 2.26. The van der Waals surface area contributed by atoms with Crippen LogP contribution in [0.5, 0.6) is 5.75 Å². The fourth-order valence-electron chi connectivity index (χ4n) is 2.94. The Morgan fingerprint density at radius 3 is 2.41 bits per heavy atom. The van der Waals surface area contributed by atoms with E-state index in [2.05, 4.69) is 19.2 Å². The molecule has 2 rings (SSSR count). The van der Waals surface area contributed by atoms with E-state index < -0.39 is 6.04 Å².